The molecule has 1 amide bonds. The molecule has 6 aromatic rings. The van der Waals surface area contributed by atoms with Crippen LogP contribution in [0.3, 0.4) is 0 Å². The second-order valence-corrected chi connectivity index (χ2v) is 14.9. The number of aryl methyl sites for hydroxylation is 2. The molecule has 0 aliphatic carbocycles. The molecule has 1 atom stereocenters. The molecule has 1 fully saturated rings. The van der Waals surface area contributed by atoms with Gasteiger partial charge in [-0.15, -0.1) is 0 Å². The number of pyridine rings is 1. The number of rotatable bonds is 8. The van der Waals surface area contributed by atoms with Crippen molar-refractivity contribution in [1.82, 2.24) is 24.4 Å². The van der Waals surface area contributed by atoms with Crippen molar-refractivity contribution in [3.8, 4) is 22.9 Å². The van der Waals surface area contributed by atoms with E-state index in [1.165, 1.54) is 6.07 Å². The fraction of sp³-hybridized carbons (Fsp3) is 0.282. The zero-order chi connectivity index (χ0) is 37.4. The molecule has 7 rings (SSSR count). The standard InChI is InChI=1S/C39H40FN7O5S/c1-24-13-14-26-27(15-16-30(40)34(26)47(53(49)50)33-12-6-11-32-29(33)18-22-45(32)5)35(24)51-36-28(10-7-19-41-36)31-17-20-42-37(44-31)43-25-9-8-21-46(23-25)38(48)52-39(2,3)4/h6-7,10-20,22,25,53H,8-9,21,23H2,1-5H3,(H,42,43,44)/t25-/m0/s1. The SMILES string of the molecule is Cc1ccc2c(N(c3cccc4c3ccn4C)[SH](=O)=O)c(F)ccc2c1Oc1ncccc1-c1ccnc(N[C@H]2CCCN(C(=O)OC(C)(C)C)C2)n1. The van der Waals surface area contributed by atoms with Gasteiger partial charge in [-0.25, -0.2) is 36.9 Å². The number of hydrogen-bond acceptors (Lipinski definition) is 9. The van der Waals surface area contributed by atoms with Gasteiger partial charge in [0.1, 0.15) is 22.9 Å². The highest BCUT2D eigenvalue weighted by atomic mass is 32.2. The van der Waals surface area contributed by atoms with Crippen LogP contribution in [0.1, 0.15) is 39.2 Å². The molecule has 53 heavy (non-hydrogen) atoms. The van der Waals surface area contributed by atoms with Crippen LogP contribution >= 0.6 is 0 Å². The number of aromatic nitrogens is 4. The number of hydrogen-bond donors (Lipinski definition) is 2. The number of thiol groups is 1. The van der Waals surface area contributed by atoms with E-state index in [1.807, 2.05) is 63.7 Å². The Bertz CT molecular complexity index is 2420. The van der Waals surface area contributed by atoms with E-state index in [0.717, 1.165) is 28.2 Å². The van der Waals surface area contributed by atoms with Crippen molar-refractivity contribution >= 4 is 56.0 Å². The van der Waals surface area contributed by atoms with Crippen LogP contribution in [0.25, 0.3) is 32.9 Å². The minimum Gasteiger partial charge on any atom is -0.444 e. The molecule has 12 nitrogen and oxygen atoms in total. The van der Waals surface area contributed by atoms with Crippen molar-refractivity contribution in [2.75, 3.05) is 22.7 Å². The molecule has 0 unspecified atom stereocenters. The van der Waals surface area contributed by atoms with E-state index in [-0.39, 0.29) is 23.7 Å². The number of piperidine rings is 1. The van der Waals surface area contributed by atoms with E-state index in [9.17, 15) is 13.2 Å². The summed E-state index contributed by atoms with van der Waals surface area (Å²) in [4.78, 5) is 28.2. The fourth-order valence-corrected chi connectivity index (χ4v) is 7.38. The maximum atomic E-state index is 15.9. The zero-order valence-corrected chi connectivity index (χ0v) is 30.9. The second-order valence-electron chi connectivity index (χ2n) is 14.0. The van der Waals surface area contributed by atoms with E-state index >= 15 is 4.39 Å². The summed E-state index contributed by atoms with van der Waals surface area (Å²) < 4.78 is 56.8. The third kappa shape index (κ3) is 7.31. The third-order valence-corrected chi connectivity index (χ3v) is 9.83. The number of anilines is 3. The van der Waals surface area contributed by atoms with Gasteiger partial charge in [0.15, 0.2) is 0 Å². The highest BCUT2D eigenvalue weighted by molar-refractivity contribution is 7.74. The van der Waals surface area contributed by atoms with Crippen LogP contribution in [0.4, 0.5) is 26.5 Å². The number of likely N-dealkylation sites (tertiary alicyclic amines) is 1. The second kappa shape index (κ2) is 14.3. The minimum atomic E-state index is -3.31. The molecule has 1 saturated heterocycles. The average molecular weight is 738 g/mol. The van der Waals surface area contributed by atoms with Gasteiger partial charge in [0.2, 0.25) is 22.7 Å². The van der Waals surface area contributed by atoms with Crippen LogP contribution in [0.15, 0.2) is 85.3 Å². The molecule has 4 heterocycles. The van der Waals surface area contributed by atoms with E-state index < -0.39 is 22.3 Å². The Hall–Kier alpha value is -5.76. The van der Waals surface area contributed by atoms with Gasteiger partial charge in [-0.3, -0.25) is 0 Å². The Morgan fingerprint density at radius 3 is 2.58 bits per heavy atom. The Balaban J connectivity index is 1.21. The summed E-state index contributed by atoms with van der Waals surface area (Å²) in [5.41, 5.74) is 2.29. The van der Waals surface area contributed by atoms with Crippen LogP contribution in [0.5, 0.6) is 11.6 Å². The lowest BCUT2D eigenvalue weighted by molar-refractivity contribution is 0.0206. The maximum Gasteiger partial charge on any atom is 0.410 e. The molecular weight excluding hydrogens is 698 g/mol. The van der Waals surface area contributed by atoms with Gasteiger partial charge >= 0.3 is 6.09 Å². The number of nitrogens with zero attached hydrogens (tertiary/aromatic N) is 6. The monoisotopic (exact) mass is 737 g/mol. The molecule has 3 aromatic heterocycles. The number of fused-ring (bicyclic) bond motifs is 2. The Labute approximate surface area is 308 Å². The first-order chi connectivity index (χ1) is 25.4. The molecule has 0 bridgehead atoms. The van der Waals surface area contributed by atoms with Gasteiger partial charge in [0.25, 0.3) is 0 Å². The van der Waals surface area contributed by atoms with Crippen molar-refractivity contribution in [2.45, 2.75) is 52.2 Å². The zero-order valence-electron chi connectivity index (χ0n) is 30.0. The average Bonchev–Trinajstić information content (AvgIpc) is 3.51. The van der Waals surface area contributed by atoms with Crippen molar-refractivity contribution < 1.29 is 27.1 Å². The highest BCUT2D eigenvalue weighted by Gasteiger charge is 2.29. The first-order valence-electron chi connectivity index (χ1n) is 17.3. The molecule has 14 heteroatoms. The van der Waals surface area contributed by atoms with Crippen LogP contribution in [0.2, 0.25) is 0 Å². The Kier molecular flexibility index (Phi) is 9.64. The van der Waals surface area contributed by atoms with E-state index in [4.69, 9.17) is 14.5 Å². The van der Waals surface area contributed by atoms with Crippen LogP contribution in [-0.4, -0.2) is 63.7 Å². The van der Waals surface area contributed by atoms with E-state index in [0.29, 0.717) is 57.9 Å². The smallest absolute Gasteiger partial charge is 0.410 e. The molecule has 1 aliphatic heterocycles. The molecule has 0 radical (unpaired) electrons. The predicted octanol–water partition coefficient (Wildman–Crippen LogP) is 7.90. The van der Waals surface area contributed by atoms with Gasteiger partial charge < -0.3 is 24.3 Å². The summed E-state index contributed by atoms with van der Waals surface area (Å²) in [6, 6.07) is 18.6. The lowest BCUT2D eigenvalue weighted by Crippen LogP contribution is -2.47. The first-order valence-corrected chi connectivity index (χ1v) is 18.4. The van der Waals surface area contributed by atoms with Crippen molar-refractivity contribution in [3.05, 3.63) is 96.7 Å². The normalized spacial score (nSPS) is 14.8. The van der Waals surface area contributed by atoms with Crippen LogP contribution < -0.4 is 14.4 Å². The number of halogens is 1. The third-order valence-electron chi connectivity index (χ3n) is 9.09. The quantitative estimate of drug-likeness (QED) is 0.150. The van der Waals surface area contributed by atoms with Crippen LogP contribution in [-0.2, 0) is 22.7 Å². The number of carbonyl (C=O) groups is 1. The summed E-state index contributed by atoms with van der Waals surface area (Å²) in [6.45, 7) is 8.46. The van der Waals surface area contributed by atoms with Gasteiger partial charge in [0.05, 0.1) is 16.9 Å². The summed E-state index contributed by atoms with van der Waals surface area (Å²) >= 11 is 0. The van der Waals surface area contributed by atoms with Gasteiger partial charge in [0, 0.05) is 66.4 Å². The number of amides is 1. The highest BCUT2D eigenvalue weighted by Crippen LogP contribution is 2.43. The molecular formula is C39H40FN7O5S. The summed E-state index contributed by atoms with van der Waals surface area (Å²) in [6.07, 6.45) is 6.35. The Morgan fingerprint density at radius 1 is 0.981 bits per heavy atom. The fourth-order valence-electron chi connectivity index (χ4n) is 6.67. The topological polar surface area (TPSA) is 132 Å². The predicted molar refractivity (Wildman–Crippen MR) is 204 cm³/mol. The number of ether oxygens (including phenoxy) is 2. The number of benzene rings is 3. The number of nitrogens with one attached hydrogen (secondary N) is 1. The van der Waals surface area contributed by atoms with Gasteiger partial charge in [-0.1, -0.05) is 18.2 Å². The van der Waals surface area contributed by atoms with Gasteiger partial charge in [-0.2, -0.15) is 0 Å². The lowest BCUT2D eigenvalue weighted by Gasteiger charge is -2.34. The lowest BCUT2D eigenvalue weighted by atomic mass is 10.0. The summed E-state index contributed by atoms with van der Waals surface area (Å²) in [7, 11) is -1.44. The van der Waals surface area contributed by atoms with Crippen LogP contribution in [0, 0.1) is 12.7 Å². The molecule has 1 aliphatic rings. The van der Waals surface area contributed by atoms with E-state index in [2.05, 4.69) is 15.3 Å². The Morgan fingerprint density at radius 2 is 1.79 bits per heavy atom. The molecule has 1 N–H and O–H groups in total. The first kappa shape index (κ1) is 35.6. The van der Waals surface area contributed by atoms with Crippen molar-refractivity contribution in [2.24, 2.45) is 7.05 Å². The minimum absolute atomic E-state index is 0.0817. The molecule has 0 saturated carbocycles. The van der Waals surface area contributed by atoms with Gasteiger partial charge in [-0.05, 0) is 94.6 Å². The number of carbonyl (C=O) groups excluding carboxylic acids is 1. The molecule has 0 spiro atoms. The summed E-state index contributed by atoms with van der Waals surface area (Å²) in [5.74, 6) is 0.314. The van der Waals surface area contributed by atoms with E-state index in [1.54, 1.807) is 59.8 Å². The summed E-state index contributed by atoms with van der Waals surface area (Å²) in [5, 5.41) is 4.88. The maximum absolute atomic E-state index is 15.9. The molecule has 274 valence electrons. The van der Waals surface area contributed by atoms with Crippen molar-refractivity contribution in [1.29, 1.82) is 0 Å². The van der Waals surface area contributed by atoms with Crippen molar-refractivity contribution in [3.63, 3.8) is 0 Å². The molecule has 3 aromatic carbocycles. The largest absolute Gasteiger partial charge is 0.444 e.